The Kier molecular flexibility index (Phi) is 4.42. The van der Waals surface area contributed by atoms with Crippen molar-refractivity contribution in [2.45, 2.75) is 27.4 Å². The Morgan fingerprint density at radius 1 is 1.15 bits per heavy atom. The molecule has 5 nitrogen and oxygen atoms in total. The fraction of sp³-hybridized carbons (Fsp3) is 0.286. The van der Waals surface area contributed by atoms with Gasteiger partial charge in [0, 0.05) is 16.8 Å². The van der Waals surface area contributed by atoms with Gasteiger partial charge in [0.15, 0.2) is 5.82 Å². The van der Waals surface area contributed by atoms with Crippen LogP contribution in [-0.4, -0.2) is 9.97 Å². The number of hydrogen-bond donors (Lipinski definition) is 2. The van der Waals surface area contributed by atoms with Crippen LogP contribution in [0.25, 0.3) is 0 Å². The summed E-state index contributed by atoms with van der Waals surface area (Å²) in [6.45, 7) is 6.04. The number of hydrogen-bond acceptors (Lipinski definition) is 5. The number of benzene rings is 1. The summed E-state index contributed by atoms with van der Waals surface area (Å²) < 4.78 is 5.71. The van der Waals surface area contributed by atoms with Crippen molar-refractivity contribution in [3.05, 3.63) is 45.9 Å². The van der Waals surface area contributed by atoms with Gasteiger partial charge in [-0.1, -0.05) is 11.6 Å². The molecule has 0 saturated carbocycles. The van der Waals surface area contributed by atoms with Crippen LogP contribution in [0.4, 0.5) is 5.82 Å². The quantitative estimate of drug-likeness (QED) is 0.669. The van der Waals surface area contributed by atoms with Gasteiger partial charge in [-0.25, -0.2) is 15.8 Å². The maximum Gasteiger partial charge on any atom is 0.168 e. The van der Waals surface area contributed by atoms with E-state index in [0.29, 0.717) is 11.6 Å². The summed E-state index contributed by atoms with van der Waals surface area (Å²) in [6, 6.07) is 5.56. The molecule has 0 saturated heterocycles. The molecule has 2 aromatic rings. The van der Waals surface area contributed by atoms with Gasteiger partial charge >= 0.3 is 0 Å². The fourth-order valence-electron chi connectivity index (χ4n) is 1.91. The zero-order valence-electron chi connectivity index (χ0n) is 11.7. The number of nitrogens with one attached hydrogen (secondary N) is 1. The number of rotatable bonds is 4. The Balaban J connectivity index is 2.14. The molecule has 0 radical (unpaired) electrons. The summed E-state index contributed by atoms with van der Waals surface area (Å²) in [5.74, 6) is 7.24. The van der Waals surface area contributed by atoms with E-state index < -0.39 is 0 Å². The largest absolute Gasteiger partial charge is 0.486 e. The molecule has 0 spiro atoms. The van der Waals surface area contributed by atoms with E-state index in [1.54, 1.807) is 6.07 Å². The van der Waals surface area contributed by atoms with Crippen molar-refractivity contribution in [3.63, 3.8) is 0 Å². The SMILES string of the molecule is Cc1cc(NN)nc(COc2cc(C)c(Cl)c(C)c2)n1. The maximum absolute atomic E-state index is 6.12. The number of nitrogens with zero attached hydrogens (tertiary/aromatic N) is 2. The van der Waals surface area contributed by atoms with Gasteiger partial charge in [-0.3, -0.25) is 0 Å². The number of hydrazine groups is 1. The van der Waals surface area contributed by atoms with Crippen LogP contribution in [-0.2, 0) is 6.61 Å². The van der Waals surface area contributed by atoms with Crippen LogP contribution < -0.4 is 16.0 Å². The molecule has 0 unspecified atom stereocenters. The second kappa shape index (κ2) is 6.07. The van der Waals surface area contributed by atoms with Gasteiger partial charge in [0.05, 0.1) is 0 Å². The molecule has 3 N–H and O–H groups in total. The second-order valence-electron chi connectivity index (χ2n) is 4.61. The van der Waals surface area contributed by atoms with E-state index in [0.717, 1.165) is 27.6 Å². The third-order valence-corrected chi connectivity index (χ3v) is 3.42. The van der Waals surface area contributed by atoms with Crippen molar-refractivity contribution in [1.29, 1.82) is 0 Å². The predicted molar refractivity (Wildman–Crippen MR) is 79.8 cm³/mol. The Hall–Kier alpha value is -1.85. The summed E-state index contributed by atoms with van der Waals surface area (Å²) in [7, 11) is 0. The zero-order valence-corrected chi connectivity index (χ0v) is 12.5. The molecule has 1 aromatic heterocycles. The second-order valence-corrected chi connectivity index (χ2v) is 4.99. The number of aryl methyl sites for hydroxylation is 3. The summed E-state index contributed by atoms with van der Waals surface area (Å²) in [6.07, 6.45) is 0. The highest BCUT2D eigenvalue weighted by Gasteiger charge is 2.06. The number of nitrogens with two attached hydrogens (primary N) is 1. The normalized spacial score (nSPS) is 10.4. The van der Waals surface area contributed by atoms with Crippen LogP contribution in [0.1, 0.15) is 22.6 Å². The van der Waals surface area contributed by atoms with E-state index in [-0.39, 0.29) is 6.61 Å². The molecule has 20 heavy (non-hydrogen) atoms. The average molecular weight is 293 g/mol. The summed E-state index contributed by atoms with van der Waals surface area (Å²) in [4.78, 5) is 8.53. The fourth-order valence-corrected chi connectivity index (χ4v) is 2.02. The lowest BCUT2D eigenvalue weighted by atomic mass is 10.1. The number of anilines is 1. The van der Waals surface area contributed by atoms with Gasteiger partial charge in [0.25, 0.3) is 0 Å². The maximum atomic E-state index is 6.12. The third kappa shape index (κ3) is 3.37. The van der Waals surface area contributed by atoms with Gasteiger partial charge in [-0.15, -0.1) is 0 Å². The minimum Gasteiger partial charge on any atom is -0.486 e. The molecule has 6 heteroatoms. The first-order valence-electron chi connectivity index (χ1n) is 6.20. The smallest absolute Gasteiger partial charge is 0.168 e. The van der Waals surface area contributed by atoms with E-state index >= 15 is 0 Å². The first-order chi connectivity index (χ1) is 9.49. The van der Waals surface area contributed by atoms with Crippen molar-refractivity contribution in [2.24, 2.45) is 5.84 Å². The minimum atomic E-state index is 0.275. The number of ether oxygens (including phenoxy) is 1. The standard InChI is InChI=1S/C14H17ClN4O/c1-8-4-11(5-9(2)14(8)15)20-7-13-17-10(3)6-12(18-13)19-16/h4-6H,7,16H2,1-3H3,(H,17,18,19). The molecular weight excluding hydrogens is 276 g/mol. The molecule has 0 atom stereocenters. The molecule has 0 aliphatic rings. The van der Waals surface area contributed by atoms with Gasteiger partial charge in [0.1, 0.15) is 18.2 Å². The average Bonchev–Trinajstić information content (AvgIpc) is 2.41. The molecule has 1 aromatic carbocycles. The lowest BCUT2D eigenvalue weighted by molar-refractivity contribution is 0.295. The van der Waals surface area contributed by atoms with Gasteiger partial charge < -0.3 is 10.2 Å². The van der Waals surface area contributed by atoms with Gasteiger partial charge in [-0.05, 0) is 44.0 Å². The molecule has 0 aliphatic carbocycles. The van der Waals surface area contributed by atoms with E-state index in [1.165, 1.54) is 0 Å². The first-order valence-corrected chi connectivity index (χ1v) is 6.58. The molecule has 106 valence electrons. The van der Waals surface area contributed by atoms with Crippen LogP contribution in [0, 0.1) is 20.8 Å². The Morgan fingerprint density at radius 2 is 1.80 bits per heavy atom. The van der Waals surface area contributed by atoms with Crippen molar-refractivity contribution in [1.82, 2.24) is 9.97 Å². The third-order valence-electron chi connectivity index (χ3n) is 2.83. The Labute approximate surface area is 123 Å². The van der Waals surface area contributed by atoms with Crippen LogP contribution >= 0.6 is 11.6 Å². The molecule has 0 amide bonds. The molecule has 2 rings (SSSR count). The van der Waals surface area contributed by atoms with Crippen LogP contribution in [0.15, 0.2) is 18.2 Å². The molecule has 0 bridgehead atoms. The van der Waals surface area contributed by atoms with Crippen molar-refractivity contribution in [3.8, 4) is 5.75 Å². The van der Waals surface area contributed by atoms with E-state index in [2.05, 4.69) is 15.4 Å². The highest BCUT2D eigenvalue weighted by atomic mass is 35.5. The number of nitrogen functional groups attached to an aromatic ring is 1. The van der Waals surface area contributed by atoms with Crippen LogP contribution in [0.5, 0.6) is 5.75 Å². The Morgan fingerprint density at radius 3 is 2.40 bits per heavy atom. The van der Waals surface area contributed by atoms with E-state index in [1.807, 2.05) is 32.9 Å². The molecule has 0 fully saturated rings. The molecular formula is C14H17ClN4O. The monoisotopic (exact) mass is 292 g/mol. The minimum absolute atomic E-state index is 0.275. The van der Waals surface area contributed by atoms with Crippen LogP contribution in [0.2, 0.25) is 5.02 Å². The summed E-state index contributed by atoms with van der Waals surface area (Å²) >= 11 is 6.12. The zero-order chi connectivity index (χ0) is 14.7. The predicted octanol–water partition coefficient (Wildman–Crippen LogP) is 2.92. The number of aromatic nitrogens is 2. The summed E-state index contributed by atoms with van der Waals surface area (Å²) in [5.41, 5.74) is 5.30. The topological polar surface area (TPSA) is 73.1 Å². The van der Waals surface area contributed by atoms with Crippen molar-refractivity contribution < 1.29 is 4.74 Å². The van der Waals surface area contributed by atoms with E-state index in [4.69, 9.17) is 22.2 Å². The highest BCUT2D eigenvalue weighted by molar-refractivity contribution is 6.32. The highest BCUT2D eigenvalue weighted by Crippen LogP contribution is 2.26. The number of halogens is 1. The van der Waals surface area contributed by atoms with E-state index in [9.17, 15) is 0 Å². The van der Waals surface area contributed by atoms with Gasteiger partial charge in [0.2, 0.25) is 0 Å². The van der Waals surface area contributed by atoms with Crippen molar-refractivity contribution >= 4 is 17.4 Å². The van der Waals surface area contributed by atoms with Crippen LogP contribution in [0.3, 0.4) is 0 Å². The summed E-state index contributed by atoms with van der Waals surface area (Å²) in [5, 5.41) is 0.763. The lowest BCUT2D eigenvalue weighted by Gasteiger charge is -2.10. The molecule has 1 heterocycles. The van der Waals surface area contributed by atoms with Gasteiger partial charge in [-0.2, -0.15) is 0 Å². The Bertz CT molecular complexity index is 608. The molecule has 0 aliphatic heterocycles. The van der Waals surface area contributed by atoms with Crippen molar-refractivity contribution in [2.75, 3.05) is 5.43 Å². The lowest BCUT2D eigenvalue weighted by Crippen LogP contribution is -2.12. The first kappa shape index (κ1) is 14.6.